The maximum Gasteiger partial charge on any atom is 0.312 e. The van der Waals surface area contributed by atoms with Crippen molar-refractivity contribution in [1.82, 2.24) is 14.8 Å². The summed E-state index contributed by atoms with van der Waals surface area (Å²) >= 11 is 0. The first-order chi connectivity index (χ1) is 14.2. The fraction of sp³-hybridized carbons (Fsp3) is 0.174. The third-order valence-electron chi connectivity index (χ3n) is 4.88. The number of piperazine rings is 1. The first kappa shape index (κ1) is 18.7. The zero-order valence-electron chi connectivity index (χ0n) is 16.0. The second-order valence-corrected chi connectivity index (χ2v) is 6.98. The van der Waals surface area contributed by atoms with Gasteiger partial charge in [-0.1, -0.05) is 48.5 Å². The second kappa shape index (κ2) is 8.56. The molecule has 2 heterocycles. The van der Waals surface area contributed by atoms with E-state index in [1.807, 2.05) is 72.8 Å². The first-order valence-corrected chi connectivity index (χ1v) is 9.58. The Hall–Kier alpha value is -3.67. The van der Waals surface area contributed by atoms with Crippen LogP contribution in [0.4, 0.5) is 11.5 Å². The molecule has 29 heavy (non-hydrogen) atoms. The molecule has 1 aliphatic rings. The topological polar surface area (TPSA) is 65.5 Å². The van der Waals surface area contributed by atoms with Crippen LogP contribution in [-0.4, -0.2) is 39.7 Å². The van der Waals surface area contributed by atoms with Crippen LogP contribution < -0.4 is 5.32 Å². The van der Waals surface area contributed by atoms with Crippen LogP contribution in [0.15, 0.2) is 79.0 Å². The van der Waals surface area contributed by atoms with Gasteiger partial charge in [0.25, 0.3) is 0 Å². The number of carbonyl (C=O) groups excluding carboxylic acids is 2. The molecule has 1 N–H and O–H groups in total. The van der Waals surface area contributed by atoms with Crippen LogP contribution in [0, 0.1) is 0 Å². The molecule has 146 valence electrons. The van der Waals surface area contributed by atoms with Gasteiger partial charge < -0.3 is 15.1 Å². The lowest BCUT2D eigenvalue weighted by atomic mass is 10.1. The number of benzene rings is 2. The van der Waals surface area contributed by atoms with E-state index in [0.717, 1.165) is 22.6 Å². The van der Waals surface area contributed by atoms with Crippen LogP contribution >= 0.6 is 0 Å². The van der Waals surface area contributed by atoms with Crippen molar-refractivity contribution >= 4 is 23.3 Å². The van der Waals surface area contributed by atoms with Crippen molar-refractivity contribution < 1.29 is 9.59 Å². The molecule has 0 bridgehead atoms. The van der Waals surface area contributed by atoms with Gasteiger partial charge in [-0.05, 0) is 35.4 Å². The van der Waals surface area contributed by atoms with Gasteiger partial charge >= 0.3 is 11.8 Å². The molecule has 1 fully saturated rings. The van der Waals surface area contributed by atoms with Crippen molar-refractivity contribution in [2.24, 2.45) is 0 Å². The van der Waals surface area contributed by atoms with Gasteiger partial charge in [0.05, 0.1) is 0 Å². The van der Waals surface area contributed by atoms with Gasteiger partial charge in [-0.25, -0.2) is 4.98 Å². The molecular weight excluding hydrogens is 364 g/mol. The fourth-order valence-corrected chi connectivity index (χ4v) is 3.32. The molecule has 0 spiro atoms. The quantitative estimate of drug-likeness (QED) is 0.661. The molecule has 0 radical (unpaired) electrons. The van der Waals surface area contributed by atoms with Crippen LogP contribution in [0.1, 0.15) is 11.1 Å². The van der Waals surface area contributed by atoms with Crippen molar-refractivity contribution in [3.05, 3.63) is 90.1 Å². The van der Waals surface area contributed by atoms with E-state index in [0.29, 0.717) is 26.2 Å². The highest BCUT2D eigenvalue weighted by Crippen LogP contribution is 2.17. The van der Waals surface area contributed by atoms with E-state index in [-0.39, 0.29) is 0 Å². The number of nitrogens with zero attached hydrogens (tertiary/aromatic N) is 3. The highest BCUT2D eigenvalue weighted by Gasteiger charge is 2.32. The molecule has 3 aromatic rings. The number of rotatable bonds is 6. The average Bonchev–Trinajstić information content (AvgIpc) is 2.76. The van der Waals surface area contributed by atoms with Gasteiger partial charge in [0.1, 0.15) is 5.82 Å². The zero-order chi connectivity index (χ0) is 20.1. The largest absolute Gasteiger partial charge is 0.340 e. The van der Waals surface area contributed by atoms with E-state index in [2.05, 4.69) is 10.3 Å². The van der Waals surface area contributed by atoms with Crippen LogP contribution in [0.3, 0.4) is 0 Å². The van der Waals surface area contributed by atoms with Gasteiger partial charge in [-0.15, -0.1) is 0 Å². The van der Waals surface area contributed by atoms with Gasteiger partial charge in [-0.2, -0.15) is 0 Å². The van der Waals surface area contributed by atoms with Crippen molar-refractivity contribution in [3.8, 4) is 0 Å². The van der Waals surface area contributed by atoms with Gasteiger partial charge in [-0.3, -0.25) is 9.59 Å². The summed E-state index contributed by atoms with van der Waals surface area (Å²) < 4.78 is 0. The minimum atomic E-state index is -0.442. The van der Waals surface area contributed by atoms with Crippen LogP contribution in [0.25, 0.3) is 0 Å². The molecule has 1 aromatic heterocycles. The zero-order valence-corrected chi connectivity index (χ0v) is 16.0. The normalized spacial score (nSPS) is 14.2. The molecule has 6 heteroatoms. The van der Waals surface area contributed by atoms with Crippen LogP contribution in [0.5, 0.6) is 0 Å². The summed E-state index contributed by atoms with van der Waals surface area (Å²) in [5.74, 6) is -0.105. The third kappa shape index (κ3) is 4.60. The molecule has 1 aliphatic heterocycles. The van der Waals surface area contributed by atoms with Crippen LogP contribution in [0.2, 0.25) is 0 Å². The molecular formula is C23H22N4O2. The van der Waals surface area contributed by atoms with E-state index >= 15 is 0 Å². The average molecular weight is 386 g/mol. The van der Waals surface area contributed by atoms with Crippen molar-refractivity contribution in [3.63, 3.8) is 0 Å². The van der Waals surface area contributed by atoms with Crippen LogP contribution in [-0.2, 0) is 22.7 Å². The number of aromatic nitrogens is 1. The standard InChI is InChI=1S/C23H22N4O2/c28-22-23(29)27(15-14-26(22)16-18-6-2-1-3-7-18)17-19-9-11-20(12-10-19)25-21-8-4-5-13-24-21/h1-13H,14-17H2,(H,24,25). The molecule has 0 unspecified atom stereocenters. The summed E-state index contributed by atoms with van der Waals surface area (Å²) in [5.41, 5.74) is 2.93. The Labute approximate surface area is 169 Å². The Morgan fingerprint density at radius 1 is 0.724 bits per heavy atom. The highest BCUT2D eigenvalue weighted by molar-refractivity contribution is 6.35. The predicted octanol–water partition coefficient (Wildman–Crippen LogP) is 3.20. The van der Waals surface area contributed by atoms with E-state index < -0.39 is 11.8 Å². The molecule has 0 aliphatic carbocycles. The van der Waals surface area contributed by atoms with Crippen molar-refractivity contribution in [2.45, 2.75) is 13.1 Å². The molecule has 2 aromatic carbocycles. The lowest BCUT2D eigenvalue weighted by molar-refractivity contribution is -0.156. The Morgan fingerprint density at radius 3 is 1.90 bits per heavy atom. The molecule has 0 atom stereocenters. The SMILES string of the molecule is O=C1C(=O)N(Cc2ccc(Nc3ccccn3)cc2)CCN1Cc1ccccc1. The maximum atomic E-state index is 12.6. The van der Waals surface area contributed by atoms with Gasteiger partial charge in [0.2, 0.25) is 0 Å². The highest BCUT2D eigenvalue weighted by atomic mass is 16.2. The summed E-state index contributed by atoms with van der Waals surface area (Å²) in [7, 11) is 0. The van der Waals surface area contributed by atoms with Crippen molar-refractivity contribution in [1.29, 1.82) is 0 Å². The minimum absolute atomic E-state index is 0.424. The second-order valence-electron chi connectivity index (χ2n) is 6.98. The van der Waals surface area contributed by atoms with Crippen molar-refractivity contribution in [2.75, 3.05) is 18.4 Å². The molecule has 4 rings (SSSR count). The number of carbonyl (C=O) groups is 2. The third-order valence-corrected chi connectivity index (χ3v) is 4.88. The Bertz CT molecular complexity index is 975. The fourth-order valence-electron chi connectivity index (χ4n) is 3.32. The molecule has 1 saturated heterocycles. The number of pyridine rings is 1. The predicted molar refractivity (Wildman–Crippen MR) is 111 cm³/mol. The molecule has 0 saturated carbocycles. The Kier molecular flexibility index (Phi) is 5.52. The smallest absolute Gasteiger partial charge is 0.312 e. The number of hydrogen-bond acceptors (Lipinski definition) is 4. The maximum absolute atomic E-state index is 12.6. The van der Waals surface area contributed by atoms with E-state index in [1.165, 1.54) is 0 Å². The first-order valence-electron chi connectivity index (χ1n) is 9.58. The van der Waals surface area contributed by atoms with Gasteiger partial charge in [0.15, 0.2) is 0 Å². The monoisotopic (exact) mass is 386 g/mol. The Balaban J connectivity index is 1.35. The lowest BCUT2D eigenvalue weighted by Gasteiger charge is -2.33. The molecule has 2 amide bonds. The van der Waals surface area contributed by atoms with E-state index in [9.17, 15) is 9.59 Å². The Morgan fingerprint density at radius 2 is 1.31 bits per heavy atom. The lowest BCUT2D eigenvalue weighted by Crippen LogP contribution is -2.53. The minimum Gasteiger partial charge on any atom is -0.340 e. The number of anilines is 2. The van der Waals surface area contributed by atoms with E-state index in [4.69, 9.17) is 0 Å². The number of nitrogens with one attached hydrogen (secondary N) is 1. The summed E-state index contributed by atoms with van der Waals surface area (Å²) in [6, 6.07) is 23.2. The number of hydrogen-bond donors (Lipinski definition) is 1. The number of amides is 2. The summed E-state index contributed by atoms with van der Waals surface area (Å²) in [5, 5.41) is 3.23. The summed E-state index contributed by atoms with van der Waals surface area (Å²) in [6.07, 6.45) is 1.73. The van der Waals surface area contributed by atoms with E-state index in [1.54, 1.807) is 16.0 Å². The van der Waals surface area contributed by atoms with Gasteiger partial charge in [0, 0.05) is 38.1 Å². The summed E-state index contributed by atoms with van der Waals surface area (Å²) in [4.78, 5) is 32.5. The summed E-state index contributed by atoms with van der Waals surface area (Å²) in [6.45, 7) is 1.96. The molecule has 6 nitrogen and oxygen atoms in total.